The molecule has 5 aromatic rings. The molecule has 212 valence electrons. The predicted octanol–water partition coefficient (Wildman–Crippen LogP) is 11.2. The minimum atomic E-state index is -1.77. The van der Waals surface area contributed by atoms with Crippen LogP contribution in [0.25, 0.3) is 50.3 Å². The van der Waals surface area contributed by atoms with Gasteiger partial charge in [-0.2, -0.15) is 0 Å². The molecule has 42 heavy (non-hydrogen) atoms. The maximum absolute atomic E-state index is 15.1. The first-order valence-electron chi connectivity index (χ1n) is 12.8. The summed E-state index contributed by atoms with van der Waals surface area (Å²) in [5.74, 6) is -9.89. The number of rotatable bonds is 6. The zero-order valence-corrected chi connectivity index (χ0v) is 21.9. The molecule has 0 saturated heterocycles. The largest absolute Gasteiger partial charge is 0.209 e. The van der Waals surface area contributed by atoms with E-state index in [2.05, 4.69) is 0 Å². The fourth-order valence-corrected chi connectivity index (χ4v) is 4.61. The summed E-state index contributed by atoms with van der Waals surface area (Å²) in [6.45, 7) is 1.52. The molecule has 0 nitrogen and oxygen atoms in total. The smallest absolute Gasteiger partial charge is 0.194 e. The van der Waals surface area contributed by atoms with Crippen molar-refractivity contribution in [2.75, 3.05) is 0 Å². The first kappa shape index (κ1) is 28.8. The third-order valence-corrected chi connectivity index (χ3v) is 6.83. The van der Waals surface area contributed by atoms with Gasteiger partial charge in [-0.15, -0.1) is 0 Å². The monoisotopic (exact) mass is 580 g/mol. The Morgan fingerprint density at radius 2 is 0.905 bits per heavy atom. The Morgan fingerprint density at radius 3 is 1.40 bits per heavy atom. The van der Waals surface area contributed by atoms with E-state index in [-0.39, 0.29) is 23.1 Å². The maximum Gasteiger partial charge on any atom is 0.194 e. The molecule has 0 aliphatic rings. The number of hydrogen-bond acceptors (Lipinski definition) is 0. The topological polar surface area (TPSA) is 0 Å². The standard InChI is InChI=1S/C34H20F8/c1-2-26(35)33(41)21-9-7-19(8-10-21)18-3-5-20(6-4-18)22-11-12-25(27(36)13-22)23-14-28(37)32(29(38)15-23)24-16-30(39)34(42)31(40)17-24/h3-17H,2H2,1H3/b33-26+. The van der Waals surface area contributed by atoms with Crippen LogP contribution in [0.5, 0.6) is 0 Å². The molecule has 0 amide bonds. The molecule has 0 heterocycles. The number of allylic oxidation sites excluding steroid dienone is 1. The van der Waals surface area contributed by atoms with Crippen LogP contribution in [-0.4, -0.2) is 0 Å². The summed E-state index contributed by atoms with van der Waals surface area (Å²) in [5, 5.41) is 0. The van der Waals surface area contributed by atoms with Crippen molar-refractivity contribution >= 4 is 5.83 Å². The van der Waals surface area contributed by atoms with Gasteiger partial charge < -0.3 is 0 Å². The van der Waals surface area contributed by atoms with Gasteiger partial charge >= 0.3 is 0 Å². The Morgan fingerprint density at radius 1 is 0.476 bits per heavy atom. The van der Waals surface area contributed by atoms with Crippen LogP contribution in [-0.2, 0) is 0 Å². The lowest BCUT2D eigenvalue weighted by atomic mass is 9.95. The summed E-state index contributed by atoms with van der Waals surface area (Å²) in [6, 6.07) is 20.0. The summed E-state index contributed by atoms with van der Waals surface area (Å²) in [4.78, 5) is 0. The summed E-state index contributed by atoms with van der Waals surface area (Å²) in [6.07, 6.45) is -0.0428. The van der Waals surface area contributed by atoms with E-state index in [4.69, 9.17) is 0 Å². The van der Waals surface area contributed by atoms with Gasteiger partial charge in [-0.1, -0.05) is 67.6 Å². The highest BCUT2D eigenvalue weighted by molar-refractivity contribution is 5.76. The van der Waals surface area contributed by atoms with Crippen LogP contribution in [0.3, 0.4) is 0 Å². The lowest BCUT2D eigenvalue weighted by molar-refractivity contribution is 0.447. The van der Waals surface area contributed by atoms with E-state index in [1.165, 1.54) is 31.2 Å². The van der Waals surface area contributed by atoms with E-state index in [0.717, 1.165) is 23.3 Å². The van der Waals surface area contributed by atoms with Gasteiger partial charge in [0.15, 0.2) is 23.3 Å². The Balaban J connectivity index is 1.40. The quantitative estimate of drug-likeness (QED) is 0.138. The van der Waals surface area contributed by atoms with Crippen molar-refractivity contribution in [3.8, 4) is 44.5 Å². The maximum atomic E-state index is 15.1. The minimum absolute atomic E-state index is 0.0428. The molecular formula is C34H20F8. The van der Waals surface area contributed by atoms with Crippen LogP contribution < -0.4 is 0 Å². The molecule has 5 aromatic carbocycles. The third kappa shape index (κ3) is 5.57. The first-order valence-corrected chi connectivity index (χ1v) is 12.8. The number of hydrogen-bond donors (Lipinski definition) is 0. The van der Waals surface area contributed by atoms with Gasteiger partial charge in [-0.3, -0.25) is 0 Å². The van der Waals surface area contributed by atoms with Gasteiger partial charge in [-0.05, 0) is 70.1 Å². The molecule has 0 spiro atoms. The van der Waals surface area contributed by atoms with Gasteiger partial charge in [0.2, 0.25) is 0 Å². The average Bonchev–Trinajstić information content (AvgIpc) is 2.98. The van der Waals surface area contributed by atoms with Crippen LogP contribution in [0.4, 0.5) is 35.1 Å². The van der Waals surface area contributed by atoms with E-state index in [0.29, 0.717) is 23.3 Å². The molecule has 0 aliphatic heterocycles. The zero-order chi connectivity index (χ0) is 30.1. The SMILES string of the molecule is CC/C(F)=C(\F)c1ccc(-c2ccc(-c3ccc(-c4cc(F)c(-c5cc(F)c(F)c(F)c5)c(F)c4)c(F)c3)cc2)cc1. The van der Waals surface area contributed by atoms with Crippen molar-refractivity contribution in [2.24, 2.45) is 0 Å². The molecule has 0 aliphatic carbocycles. The van der Waals surface area contributed by atoms with Crippen LogP contribution in [0.15, 0.2) is 96.8 Å². The lowest BCUT2D eigenvalue weighted by Gasteiger charge is -2.11. The zero-order valence-electron chi connectivity index (χ0n) is 21.9. The molecule has 0 bridgehead atoms. The van der Waals surface area contributed by atoms with Crippen LogP contribution in [0.1, 0.15) is 18.9 Å². The van der Waals surface area contributed by atoms with E-state index >= 15 is 4.39 Å². The molecule has 0 saturated carbocycles. The number of halogens is 8. The van der Waals surface area contributed by atoms with Crippen molar-refractivity contribution in [1.82, 2.24) is 0 Å². The van der Waals surface area contributed by atoms with Gasteiger partial charge in [0, 0.05) is 11.1 Å². The Bertz CT molecular complexity index is 1770. The first-order chi connectivity index (χ1) is 20.1. The average molecular weight is 581 g/mol. The summed E-state index contributed by atoms with van der Waals surface area (Å²) >= 11 is 0. The van der Waals surface area contributed by atoms with Gasteiger partial charge in [-0.25, -0.2) is 35.1 Å². The van der Waals surface area contributed by atoms with E-state index in [9.17, 15) is 30.7 Å². The fourth-order valence-electron chi connectivity index (χ4n) is 4.61. The van der Waals surface area contributed by atoms with Crippen LogP contribution in [0, 0.1) is 34.9 Å². The normalized spacial score (nSPS) is 11.9. The third-order valence-electron chi connectivity index (χ3n) is 6.83. The summed E-state index contributed by atoms with van der Waals surface area (Å²) in [5.41, 5.74) is 1.23. The lowest BCUT2D eigenvalue weighted by Crippen LogP contribution is -1.97. The molecule has 0 radical (unpaired) electrons. The van der Waals surface area contributed by atoms with Crippen molar-refractivity contribution in [1.29, 1.82) is 0 Å². The molecule has 0 N–H and O–H groups in total. The van der Waals surface area contributed by atoms with E-state index in [1.54, 1.807) is 42.5 Å². The highest BCUT2D eigenvalue weighted by Gasteiger charge is 2.20. The summed E-state index contributed by atoms with van der Waals surface area (Å²) < 4.78 is 113. The predicted molar refractivity (Wildman–Crippen MR) is 147 cm³/mol. The Labute approximate surface area is 236 Å². The van der Waals surface area contributed by atoms with Crippen LogP contribution in [0.2, 0.25) is 0 Å². The second-order valence-electron chi connectivity index (χ2n) is 9.49. The molecule has 5 rings (SSSR count). The molecule has 0 unspecified atom stereocenters. The fraction of sp³-hybridized carbons (Fsp3) is 0.0588. The van der Waals surface area contributed by atoms with E-state index in [1.807, 2.05) is 0 Å². The van der Waals surface area contributed by atoms with Crippen molar-refractivity contribution in [2.45, 2.75) is 13.3 Å². The van der Waals surface area contributed by atoms with Crippen molar-refractivity contribution in [3.05, 3.63) is 137 Å². The molecule has 0 fully saturated rings. The Hall–Kier alpha value is -4.72. The van der Waals surface area contributed by atoms with Crippen LogP contribution >= 0.6 is 0 Å². The molecule has 8 heteroatoms. The Kier molecular flexibility index (Phi) is 7.98. The second-order valence-corrected chi connectivity index (χ2v) is 9.49. The summed E-state index contributed by atoms with van der Waals surface area (Å²) in [7, 11) is 0. The number of benzene rings is 5. The van der Waals surface area contributed by atoms with E-state index < -0.39 is 57.7 Å². The second kappa shape index (κ2) is 11.6. The van der Waals surface area contributed by atoms with Crippen molar-refractivity contribution in [3.63, 3.8) is 0 Å². The minimum Gasteiger partial charge on any atom is -0.209 e. The van der Waals surface area contributed by atoms with Gasteiger partial charge in [0.25, 0.3) is 0 Å². The van der Waals surface area contributed by atoms with Crippen molar-refractivity contribution < 1.29 is 35.1 Å². The van der Waals surface area contributed by atoms with Gasteiger partial charge in [0.05, 0.1) is 5.56 Å². The van der Waals surface area contributed by atoms with Gasteiger partial charge in [0.1, 0.15) is 23.3 Å². The molecule has 0 aromatic heterocycles. The molecule has 0 atom stereocenters. The highest BCUT2D eigenvalue weighted by Crippen LogP contribution is 2.35. The highest BCUT2D eigenvalue weighted by atomic mass is 19.2. The molecular weight excluding hydrogens is 560 g/mol.